The van der Waals surface area contributed by atoms with E-state index in [1.54, 1.807) is 6.92 Å². The van der Waals surface area contributed by atoms with Crippen molar-refractivity contribution in [3.8, 4) is 0 Å². The second-order valence-corrected chi connectivity index (χ2v) is 19.1. The fourth-order valence-corrected chi connectivity index (χ4v) is 14.3. The van der Waals surface area contributed by atoms with E-state index in [1.807, 2.05) is 13.1 Å². The van der Waals surface area contributed by atoms with E-state index in [1.165, 1.54) is 12.8 Å². The fourth-order valence-electron chi connectivity index (χ4n) is 2.38. The number of hydrogen-bond donors (Lipinski definition) is 0. The van der Waals surface area contributed by atoms with Crippen LogP contribution >= 0.6 is 0 Å². The second kappa shape index (κ2) is 15.8. The zero-order chi connectivity index (χ0) is 22.3. The molecule has 0 bridgehead atoms. The molecule has 0 saturated heterocycles. The van der Waals surface area contributed by atoms with E-state index in [4.69, 9.17) is 25.9 Å². The van der Waals surface area contributed by atoms with Crippen molar-refractivity contribution in [2.24, 2.45) is 0 Å². The molecule has 0 aromatic rings. The van der Waals surface area contributed by atoms with Crippen LogP contribution < -0.4 is 0 Å². The molecular weight excluding hydrogens is 457 g/mol. The van der Waals surface area contributed by atoms with Crippen molar-refractivity contribution in [2.75, 3.05) is 19.8 Å². The van der Waals surface area contributed by atoms with Crippen LogP contribution in [0, 0.1) is 0 Å². The van der Waals surface area contributed by atoms with Crippen molar-refractivity contribution < 1.29 is 30.7 Å². The standard InChI is InChI=1S/C17H36O7Si5/c1-8-9-15-28(4,5)24-29(6,7)23-27(21-25)22-26-14-10-11-19-12-13-20-17(18)16(2)3/h2,8-15H2,1,3-7H3. The predicted octanol–water partition coefficient (Wildman–Crippen LogP) is 3.39. The lowest BCUT2D eigenvalue weighted by molar-refractivity contribution is -0.140. The quantitative estimate of drug-likeness (QED) is 0.126. The Morgan fingerprint density at radius 3 is 2.41 bits per heavy atom. The van der Waals surface area contributed by atoms with E-state index in [0.29, 0.717) is 18.8 Å². The molecule has 0 unspecified atom stereocenters. The van der Waals surface area contributed by atoms with Crippen LogP contribution in [0.5, 0.6) is 0 Å². The Labute approximate surface area is 186 Å². The van der Waals surface area contributed by atoms with Gasteiger partial charge < -0.3 is 25.9 Å². The molecule has 0 amide bonds. The fraction of sp³-hybridized carbons (Fsp3) is 0.824. The van der Waals surface area contributed by atoms with Crippen LogP contribution in [0.25, 0.3) is 0 Å². The van der Waals surface area contributed by atoms with Gasteiger partial charge in [0, 0.05) is 12.2 Å². The van der Waals surface area contributed by atoms with E-state index in [2.05, 4.69) is 37.1 Å². The number of rotatable bonds is 18. The highest BCUT2D eigenvalue weighted by molar-refractivity contribution is 6.84. The summed E-state index contributed by atoms with van der Waals surface area (Å²) < 4.78 is 33.9. The molecule has 0 heterocycles. The molecule has 0 atom stereocenters. The Morgan fingerprint density at radius 1 is 1.14 bits per heavy atom. The average molecular weight is 493 g/mol. The van der Waals surface area contributed by atoms with Gasteiger partial charge in [-0.05, 0) is 51.6 Å². The summed E-state index contributed by atoms with van der Waals surface area (Å²) in [5.41, 5.74) is 0.389. The van der Waals surface area contributed by atoms with Gasteiger partial charge in [-0.25, -0.2) is 4.79 Å². The van der Waals surface area contributed by atoms with E-state index in [-0.39, 0.29) is 22.3 Å². The first-order chi connectivity index (χ1) is 13.5. The lowest BCUT2D eigenvalue weighted by Gasteiger charge is -2.34. The normalized spacial score (nSPS) is 12.4. The molecule has 0 saturated carbocycles. The number of hydrogen-bond acceptors (Lipinski definition) is 7. The van der Waals surface area contributed by atoms with Gasteiger partial charge in [0.1, 0.15) is 6.61 Å². The molecule has 0 aliphatic heterocycles. The molecule has 0 fully saturated rings. The van der Waals surface area contributed by atoms with Crippen molar-refractivity contribution >= 4 is 52.6 Å². The Morgan fingerprint density at radius 2 is 1.83 bits per heavy atom. The maximum atomic E-state index is 11.2. The number of esters is 1. The molecule has 0 N–H and O–H groups in total. The van der Waals surface area contributed by atoms with Gasteiger partial charge in [-0.3, -0.25) is 0 Å². The van der Waals surface area contributed by atoms with Gasteiger partial charge in [0.15, 0.2) is 8.32 Å². The van der Waals surface area contributed by atoms with Gasteiger partial charge in [-0.1, -0.05) is 26.3 Å². The third-order valence-electron chi connectivity index (χ3n) is 3.60. The van der Waals surface area contributed by atoms with Gasteiger partial charge in [-0.2, -0.15) is 0 Å². The van der Waals surface area contributed by atoms with Crippen LogP contribution in [0.3, 0.4) is 0 Å². The molecular formula is C17H36O7Si5. The molecule has 0 aromatic carbocycles. The van der Waals surface area contributed by atoms with Gasteiger partial charge in [-0.15, -0.1) is 0 Å². The van der Waals surface area contributed by atoms with Crippen molar-refractivity contribution in [3.63, 3.8) is 0 Å². The molecule has 0 rings (SSSR count). The van der Waals surface area contributed by atoms with Crippen molar-refractivity contribution in [2.45, 2.75) is 71.4 Å². The Balaban J connectivity index is 3.95. The van der Waals surface area contributed by atoms with Crippen LogP contribution in [0.2, 0.25) is 38.3 Å². The van der Waals surface area contributed by atoms with Crippen molar-refractivity contribution in [1.29, 1.82) is 0 Å². The highest BCUT2D eigenvalue weighted by Crippen LogP contribution is 2.22. The highest BCUT2D eigenvalue weighted by atomic mass is 28.5. The number of unbranched alkanes of at least 4 members (excludes halogenated alkanes) is 1. The summed E-state index contributed by atoms with van der Waals surface area (Å²) in [6.45, 7) is 17.1. The summed E-state index contributed by atoms with van der Waals surface area (Å²) in [4.78, 5) is 11.2. The zero-order valence-corrected chi connectivity index (χ0v) is 23.7. The Bertz CT molecular complexity index is 477. The summed E-state index contributed by atoms with van der Waals surface area (Å²) >= 11 is 0. The lowest BCUT2D eigenvalue weighted by Crippen LogP contribution is -2.50. The van der Waals surface area contributed by atoms with Crippen molar-refractivity contribution in [3.05, 3.63) is 12.2 Å². The molecule has 0 aliphatic carbocycles. The third-order valence-corrected chi connectivity index (χ3v) is 14.4. The van der Waals surface area contributed by atoms with Crippen LogP contribution in [0.4, 0.5) is 0 Å². The zero-order valence-electron chi connectivity index (χ0n) is 18.7. The second-order valence-electron chi connectivity index (χ2n) is 7.70. The van der Waals surface area contributed by atoms with Gasteiger partial charge >= 0.3 is 24.1 Å². The molecule has 6 radical (unpaired) electrons. The van der Waals surface area contributed by atoms with Crippen LogP contribution in [-0.4, -0.2) is 72.4 Å². The molecule has 7 nitrogen and oxygen atoms in total. The molecule has 29 heavy (non-hydrogen) atoms. The highest BCUT2D eigenvalue weighted by Gasteiger charge is 2.38. The SMILES string of the molecule is C=C(C)C(=O)OCCOCCC[Si]O[Si](O[Si])O[Si](C)(C)O[Si](C)(C)CCCC. The minimum Gasteiger partial charge on any atom is -0.460 e. The summed E-state index contributed by atoms with van der Waals surface area (Å²) in [6.07, 6.45) is 3.21. The average Bonchev–Trinajstić information content (AvgIpc) is 2.62. The first-order valence-electron chi connectivity index (χ1n) is 9.93. The smallest absolute Gasteiger partial charge is 0.460 e. The molecule has 0 aromatic heterocycles. The molecule has 0 aliphatic rings. The summed E-state index contributed by atoms with van der Waals surface area (Å²) in [7, 11) is -2.59. The van der Waals surface area contributed by atoms with Crippen LogP contribution in [0.15, 0.2) is 12.2 Å². The monoisotopic (exact) mass is 492 g/mol. The van der Waals surface area contributed by atoms with Gasteiger partial charge in [0.2, 0.25) is 20.2 Å². The summed E-state index contributed by atoms with van der Waals surface area (Å²) in [5.74, 6) is -0.389. The first kappa shape index (κ1) is 29.1. The summed E-state index contributed by atoms with van der Waals surface area (Å²) in [5, 5.41) is 0. The van der Waals surface area contributed by atoms with E-state index in [0.717, 1.165) is 18.5 Å². The molecule has 12 heteroatoms. The third kappa shape index (κ3) is 16.5. The number of carbonyl (C=O) groups is 1. The summed E-state index contributed by atoms with van der Waals surface area (Å²) in [6, 6.07) is 1.98. The van der Waals surface area contributed by atoms with E-state index < -0.39 is 26.4 Å². The topological polar surface area (TPSA) is 72.5 Å². The molecule has 166 valence electrons. The predicted molar refractivity (Wildman–Crippen MR) is 122 cm³/mol. The lowest BCUT2D eigenvalue weighted by atomic mass is 10.4. The van der Waals surface area contributed by atoms with Crippen LogP contribution in [0.1, 0.15) is 33.1 Å². The van der Waals surface area contributed by atoms with Crippen LogP contribution in [-0.2, 0) is 30.7 Å². The van der Waals surface area contributed by atoms with E-state index >= 15 is 0 Å². The van der Waals surface area contributed by atoms with Crippen molar-refractivity contribution in [1.82, 2.24) is 0 Å². The Hall–Kier alpha value is 0.0944. The van der Waals surface area contributed by atoms with Gasteiger partial charge in [0.25, 0.3) is 0 Å². The molecule has 0 spiro atoms. The van der Waals surface area contributed by atoms with Gasteiger partial charge in [0.05, 0.1) is 6.61 Å². The Kier molecular flexibility index (Phi) is 15.9. The number of carbonyl (C=O) groups excluding carboxylic acids is 1. The maximum absolute atomic E-state index is 11.2. The largest absolute Gasteiger partial charge is 0.545 e. The van der Waals surface area contributed by atoms with E-state index in [9.17, 15) is 4.79 Å². The minimum absolute atomic E-state index is 0.236. The minimum atomic E-state index is -2.32. The first-order valence-corrected chi connectivity index (χ1v) is 18.6. The maximum Gasteiger partial charge on any atom is 0.545 e. The number of ether oxygens (including phenoxy) is 2.